The number of aliphatic hydroxyl groups is 1. The average molecular weight is 148 g/mol. The Morgan fingerprint density at radius 2 is 2.55 bits per heavy atom. The van der Waals surface area contributed by atoms with Crippen molar-refractivity contribution in [3.8, 4) is 0 Å². The van der Waals surface area contributed by atoms with Gasteiger partial charge in [-0.05, 0) is 6.07 Å². The molecule has 56 valence electrons. The van der Waals surface area contributed by atoms with Gasteiger partial charge in [0.15, 0.2) is 6.10 Å². The summed E-state index contributed by atoms with van der Waals surface area (Å²) in [6.07, 6.45) is 2.50. The minimum absolute atomic E-state index is 0.103. The van der Waals surface area contributed by atoms with Crippen LogP contribution in [-0.4, -0.2) is 16.6 Å². The lowest BCUT2D eigenvalue weighted by atomic mass is 10.2. The molecular formula is C8H8N2O. The normalized spacial score (nSPS) is 12.0. The first-order valence-electron chi connectivity index (χ1n) is 3.26. The molecule has 0 aliphatic heterocycles. The summed E-state index contributed by atoms with van der Waals surface area (Å²) in [5.41, 5.74) is 0.698. The summed E-state index contributed by atoms with van der Waals surface area (Å²) in [5, 5.41) is 9.27. The Balaban J connectivity index is 2.70. The van der Waals surface area contributed by atoms with Crippen LogP contribution in [-0.2, 0) is 0 Å². The second-order valence-corrected chi connectivity index (χ2v) is 2.14. The number of nitrogens with zero attached hydrogens (tertiary/aromatic N) is 2. The maximum absolute atomic E-state index is 9.27. The van der Waals surface area contributed by atoms with Crippen LogP contribution in [0.15, 0.2) is 24.5 Å². The van der Waals surface area contributed by atoms with Gasteiger partial charge in [0, 0.05) is 18.0 Å². The Morgan fingerprint density at radius 3 is 3.09 bits per heavy atom. The highest BCUT2D eigenvalue weighted by Gasteiger charge is 2.08. The highest BCUT2D eigenvalue weighted by molar-refractivity contribution is 5.12. The summed E-state index contributed by atoms with van der Waals surface area (Å²) in [6.45, 7) is 6.63. The Morgan fingerprint density at radius 1 is 1.73 bits per heavy atom. The van der Waals surface area contributed by atoms with Crippen molar-refractivity contribution in [3.63, 3.8) is 0 Å². The Kier molecular flexibility index (Phi) is 2.59. The number of aliphatic hydroxyl groups excluding tert-OH is 1. The SMILES string of the molecule is [C-]#[N+]CC(O)c1cccnc1. The molecule has 1 atom stereocenters. The topological polar surface area (TPSA) is 37.5 Å². The fourth-order valence-corrected chi connectivity index (χ4v) is 0.765. The van der Waals surface area contributed by atoms with E-state index in [9.17, 15) is 5.11 Å². The largest absolute Gasteiger partial charge is 0.381 e. The summed E-state index contributed by atoms with van der Waals surface area (Å²) in [7, 11) is 0. The lowest BCUT2D eigenvalue weighted by Crippen LogP contribution is -1.99. The van der Waals surface area contributed by atoms with Gasteiger partial charge < -0.3 is 9.95 Å². The fraction of sp³-hybridized carbons (Fsp3) is 0.250. The van der Waals surface area contributed by atoms with Crippen molar-refractivity contribution in [1.29, 1.82) is 0 Å². The van der Waals surface area contributed by atoms with E-state index in [-0.39, 0.29) is 6.54 Å². The number of aromatic nitrogens is 1. The third kappa shape index (κ3) is 2.03. The summed E-state index contributed by atoms with van der Waals surface area (Å²) in [5.74, 6) is 0. The third-order valence-electron chi connectivity index (χ3n) is 1.33. The maximum atomic E-state index is 9.27. The van der Waals surface area contributed by atoms with Crippen LogP contribution >= 0.6 is 0 Å². The van der Waals surface area contributed by atoms with Gasteiger partial charge in [-0.2, -0.15) is 0 Å². The van der Waals surface area contributed by atoms with E-state index < -0.39 is 6.10 Å². The minimum atomic E-state index is -0.693. The summed E-state index contributed by atoms with van der Waals surface area (Å²) in [4.78, 5) is 6.91. The van der Waals surface area contributed by atoms with Crippen molar-refractivity contribution in [1.82, 2.24) is 4.98 Å². The predicted molar refractivity (Wildman–Crippen MR) is 40.7 cm³/mol. The van der Waals surface area contributed by atoms with Gasteiger partial charge in [0.25, 0.3) is 0 Å². The molecule has 1 aromatic heterocycles. The van der Waals surface area contributed by atoms with Crippen molar-refractivity contribution in [2.75, 3.05) is 6.54 Å². The number of pyridine rings is 1. The molecule has 0 fully saturated rings. The molecule has 3 heteroatoms. The molecule has 1 N–H and O–H groups in total. The lowest BCUT2D eigenvalue weighted by Gasteiger charge is -2.01. The summed E-state index contributed by atoms with van der Waals surface area (Å²) < 4.78 is 0. The number of rotatable bonds is 2. The molecule has 1 aromatic rings. The predicted octanol–water partition coefficient (Wildman–Crippen LogP) is 1.03. The molecule has 1 heterocycles. The van der Waals surface area contributed by atoms with Crippen molar-refractivity contribution in [2.45, 2.75) is 6.10 Å². The number of hydrogen-bond acceptors (Lipinski definition) is 2. The molecule has 0 aliphatic carbocycles. The molecule has 11 heavy (non-hydrogen) atoms. The molecule has 0 saturated heterocycles. The van der Waals surface area contributed by atoms with Gasteiger partial charge in [-0.25, -0.2) is 6.57 Å². The van der Waals surface area contributed by atoms with E-state index in [1.165, 1.54) is 0 Å². The molecule has 1 unspecified atom stereocenters. The van der Waals surface area contributed by atoms with Gasteiger partial charge in [-0.3, -0.25) is 4.98 Å². The minimum Gasteiger partial charge on any atom is -0.381 e. The second-order valence-electron chi connectivity index (χ2n) is 2.14. The molecule has 0 amide bonds. The zero-order chi connectivity index (χ0) is 8.10. The van der Waals surface area contributed by atoms with Crippen molar-refractivity contribution in [2.24, 2.45) is 0 Å². The van der Waals surface area contributed by atoms with E-state index >= 15 is 0 Å². The fourth-order valence-electron chi connectivity index (χ4n) is 0.765. The third-order valence-corrected chi connectivity index (χ3v) is 1.33. The van der Waals surface area contributed by atoms with Gasteiger partial charge in [0.2, 0.25) is 6.54 Å². The van der Waals surface area contributed by atoms with Gasteiger partial charge in [-0.15, -0.1) is 0 Å². The monoisotopic (exact) mass is 148 g/mol. The standard InChI is InChI=1S/C8H8N2O/c1-9-6-8(11)7-3-2-4-10-5-7/h2-5,8,11H,6H2. The van der Waals surface area contributed by atoms with Crippen molar-refractivity contribution < 1.29 is 5.11 Å². The second kappa shape index (κ2) is 3.69. The van der Waals surface area contributed by atoms with Crippen LogP contribution in [0.4, 0.5) is 0 Å². The van der Waals surface area contributed by atoms with Gasteiger partial charge in [0.05, 0.1) is 0 Å². The van der Waals surface area contributed by atoms with Crippen LogP contribution in [0.25, 0.3) is 4.85 Å². The van der Waals surface area contributed by atoms with E-state index in [4.69, 9.17) is 6.57 Å². The maximum Gasteiger partial charge on any atom is 0.244 e. The highest BCUT2D eigenvalue weighted by Crippen LogP contribution is 2.09. The molecule has 0 aromatic carbocycles. The van der Waals surface area contributed by atoms with Crippen molar-refractivity contribution in [3.05, 3.63) is 41.5 Å². The van der Waals surface area contributed by atoms with Crippen LogP contribution in [0.5, 0.6) is 0 Å². The van der Waals surface area contributed by atoms with E-state index in [0.29, 0.717) is 5.56 Å². The van der Waals surface area contributed by atoms with Crippen molar-refractivity contribution >= 4 is 0 Å². The van der Waals surface area contributed by atoms with E-state index in [2.05, 4.69) is 9.83 Å². The molecule has 3 nitrogen and oxygen atoms in total. The number of hydrogen-bond donors (Lipinski definition) is 1. The Hall–Kier alpha value is -1.40. The van der Waals surface area contributed by atoms with Crippen LogP contribution in [0.2, 0.25) is 0 Å². The van der Waals surface area contributed by atoms with Crippen LogP contribution < -0.4 is 0 Å². The summed E-state index contributed by atoms with van der Waals surface area (Å²) >= 11 is 0. The quantitative estimate of drug-likeness (QED) is 0.636. The van der Waals surface area contributed by atoms with Gasteiger partial charge >= 0.3 is 0 Å². The van der Waals surface area contributed by atoms with Crippen LogP contribution in [0, 0.1) is 6.57 Å². The van der Waals surface area contributed by atoms with Crippen LogP contribution in [0.3, 0.4) is 0 Å². The highest BCUT2D eigenvalue weighted by atomic mass is 16.3. The zero-order valence-electron chi connectivity index (χ0n) is 5.94. The molecule has 0 radical (unpaired) electrons. The van der Waals surface area contributed by atoms with Gasteiger partial charge in [0.1, 0.15) is 0 Å². The first-order valence-corrected chi connectivity index (χ1v) is 3.26. The molecule has 0 spiro atoms. The first-order chi connectivity index (χ1) is 5.34. The van der Waals surface area contributed by atoms with Gasteiger partial charge in [-0.1, -0.05) is 6.07 Å². The summed E-state index contributed by atoms with van der Waals surface area (Å²) in [6, 6.07) is 3.49. The average Bonchev–Trinajstić information content (AvgIpc) is 2.07. The molecule has 0 aliphatic rings. The Labute approximate surface area is 65.1 Å². The van der Waals surface area contributed by atoms with E-state index in [1.54, 1.807) is 24.5 Å². The van der Waals surface area contributed by atoms with Crippen LogP contribution in [0.1, 0.15) is 11.7 Å². The molecule has 0 saturated carbocycles. The van der Waals surface area contributed by atoms with E-state index in [0.717, 1.165) is 0 Å². The smallest absolute Gasteiger partial charge is 0.244 e. The molecule has 1 rings (SSSR count). The zero-order valence-corrected chi connectivity index (χ0v) is 5.94. The lowest BCUT2D eigenvalue weighted by molar-refractivity contribution is 0.195. The van der Waals surface area contributed by atoms with E-state index in [1.807, 2.05) is 0 Å². The molecule has 0 bridgehead atoms. The molecular weight excluding hydrogens is 140 g/mol. The first kappa shape index (κ1) is 7.70. The Bertz CT molecular complexity index is 253.